The van der Waals surface area contributed by atoms with E-state index < -0.39 is 5.97 Å². The second-order valence-electron chi connectivity index (χ2n) is 5.87. The summed E-state index contributed by atoms with van der Waals surface area (Å²) in [6.07, 6.45) is 7.17. The van der Waals surface area contributed by atoms with Crippen molar-refractivity contribution < 1.29 is 9.90 Å². The molecule has 3 rings (SSSR count). The predicted molar refractivity (Wildman–Crippen MR) is 76.9 cm³/mol. The Hall–Kier alpha value is -1.04. The molecule has 6 heteroatoms. The van der Waals surface area contributed by atoms with Gasteiger partial charge in [-0.3, -0.25) is 4.79 Å². The second-order valence-corrected chi connectivity index (χ2v) is 6.81. The molecule has 0 aliphatic heterocycles. The number of rotatable bonds is 8. The molecule has 0 unspecified atom stereocenters. The van der Waals surface area contributed by atoms with Gasteiger partial charge in [-0.1, -0.05) is 18.7 Å². The van der Waals surface area contributed by atoms with Crippen molar-refractivity contribution >= 4 is 17.7 Å². The minimum Gasteiger partial charge on any atom is -0.481 e. The van der Waals surface area contributed by atoms with E-state index in [2.05, 4.69) is 21.7 Å². The Morgan fingerprint density at radius 1 is 1.35 bits per heavy atom. The molecule has 2 fully saturated rings. The van der Waals surface area contributed by atoms with Crippen LogP contribution in [0.25, 0.3) is 0 Å². The minimum atomic E-state index is -0.795. The van der Waals surface area contributed by atoms with Crippen LogP contribution in [-0.4, -0.2) is 31.6 Å². The van der Waals surface area contributed by atoms with Crippen LogP contribution >= 0.6 is 11.8 Å². The van der Waals surface area contributed by atoms with Crippen molar-refractivity contribution in [3.05, 3.63) is 5.82 Å². The molecular formula is C14H21N3O2S. The third-order valence-corrected chi connectivity index (χ3v) is 4.97. The Kier molecular flexibility index (Phi) is 4.01. The first-order valence-corrected chi connectivity index (χ1v) is 8.47. The van der Waals surface area contributed by atoms with E-state index in [1.54, 1.807) is 0 Å². The van der Waals surface area contributed by atoms with Gasteiger partial charge in [-0.25, -0.2) is 0 Å². The zero-order chi connectivity index (χ0) is 14.1. The number of nitrogens with zero attached hydrogens (tertiary/aromatic N) is 3. The van der Waals surface area contributed by atoms with E-state index >= 15 is 0 Å². The number of aromatic nitrogens is 3. The molecule has 110 valence electrons. The van der Waals surface area contributed by atoms with Crippen LogP contribution in [0.2, 0.25) is 0 Å². The number of aliphatic carboxylic acids is 1. The van der Waals surface area contributed by atoms with Crippen molar-refractivity contribution in [3.8, 4) is 0 Å². The number of carboxylic acid groups (broad SMARTS) is 1. The normalized spacial score (nSPS) is 18.7. The molecule has 1 aromatic heterocycles. The Balaban J connectivity index is 1.87. The molecule has 0 aromatic carbocycles. The third-order valence-electron chi connectivity index (χ3n) is 4.04. The molecule has 0 amide bonds. The van der Waals surface area contributed by atoms with Crippen LogP contribution in [0.3, 0.4) is 0 Å². The van der Waals surface area contributed by atoms with Gasteiger partial charge in [0.25, 0.3) is 0 Å². The molecular weight excluding hydrogens is 274 g/mol. The number of aryl methyl sites for hydroxylation is 1. The van der Waals surface area contributed by atoms with Gasteiger partial charge in [-0.05, 0) is 43.9 Å². The van der Waals surface area contributed by atoms with Crippen molar-refractivity contribution in [1.29, 1.82) is 0 Å². The molecule has 1 heterocycles. The summed E-state index contributed by atoms with van der Waals surface area (Å²) >= 11 is 1.31. The zero-order valence-corrected chi connectivity index (χ0v) is 12.6. The van der Waals surface area contributed by atoms with Gasteiger partial charge in [0.1, 0.15) is 5.82 Å². The van der Waals surface area contributed by atoms with Gasteiger partial charge in [0.2, 0.25) is 0 Å². The predicted octanol–water partition coefficient (Wildman–Crippen LogP) is 2.77. The lowest BCUT2D eigenvalue weighted by Gasteiger charge is -2.21. The lowest BCUT2D eigenvalue weighted by Crippen LogP contribution is -2.18. The summed E-state index contributed by atoms with van der Waals surface area (Å²) in [6, 6.07) is 0.517. The first-order chi connectivity index (χ1) is 9.70. The van der Waals surface area contributed by atoms with Gasteiger partial charge >= 0.3 is 5.97 Å². The summed E-state index contributed by atoms with van der Waals surface area (Å²) in [4.78, 5) is 10.8. The largest absolute Gasteiger partial charge is 0.481 e. The van der Waals surface area contributed by atoms with Gasteiger partial charge in [0, 0.05) is 12.5 Å². The topological polar surface area (TPSA) is 68.0 Å². The third kappa shape index (κ3) is 3.00. The number of hydrogen-bond acceptors (Lipinski definition) is 4. The zero-order valence-electron chi connectivity index (χ0n) is 11.8. The quantitative estimate of drug-likeness (QED) is 0.747. The first kappa shape index (κ1) is 13.9. The molecule has 2 aliphatic carbocycles. The highest BCUT2D eigenvalue weighted by atomic mass is 32.2. The molecule has 1 N–H and O–H groups in total. The molecule has 0 spiro atoms. The summed E-state index contributed by atoms with van der Waals surface area (Å²) in [5.74, 6) is 1.84. The summed E-state index contributed by atoms with van der Waals surface area (Å²) < 4.78 is 2.28. The molecule has 2 aliphatic rings. The standard InChI is InChI=1S/C14H21N3O2S/c1-2-3-11-15-16-14(20-8-12(18)19)17(11)13(9-4-5-9)10-6-7-10/h9-10,13H,2-8H2,1H3,(H,18,19). The number of hydrogen-bond donors (Lipinski definition) is 1. The molecule has 0 saturated heterocycles. The highest BCUT2D eigenvalue weighted by molar-refractivity contribution is 7.99. The molecule has 20 heavy (non-hydrogen) atoms. The monoisotopic (exact) mass is 295 g/mol. The minimum absolute atomic E-state index is 0.0618. The maximum absolute atomic E-state index is 10.8. The number of carbonyl (C=O) groups is 1. The fraction of sp³-hybridized carbons (Fsp3) is 0.786. The Morgan fingerprint density at radius 2 is 2.00 bits per heavy atom. The van der Waals surface area contributed by atoms with E-state index in [0.29, 0.717) is 6.04 Å². The van der Waals surface area contributed by atoms with E-state index in [4.69, 9.17) is 5.11 Å². The van der Waals surface area contributed by atoms with Crippen LogP contribution in [0.5, 0.6) is 0 Å². The smallest absolute Gasteiger partial charge is 0.313 e. The Labute approximate surface area is 123 Å². The van der Waals surface area contributed by atoms with Gasteiger partial charge in [-0.2, -0.15) is 0 Å². The van der Waals surface area contributed by atoms with Gasteiger partial charge < -0.3 is 9.67 Å². The molecule has 2 saturated carbocycles. The van der Waals surface area contributed by atoms with E-state index in [-0.39, 0.29) is 5.75 Å². The van der Waals surface area contributed by atoms with Crippen molar-refractivity contribution in [2.24, 2.45) is 11.8 Å². The molecule has 0 atom stereocenters. The molecule has 0 radical (unpaired) electrons. The lowest BCUT2D eigenvalue weighted by atomic mass is 10.1. The summed E-state index contributed by atoms with van der Waals surface area (Å²) in [6.45, 7) is 2.15. The average Bonchev–Trinajstić information content (AvgIpc) is 3.29. The summed E-state index contributed by atoms with van der Waals surface area (Å²) in [5, 5.41) is 18.3. The van der Waals surface area contributed by atoms with Gasteiger partial charge in [-0.15, -0.1) is 10.2 Å². The van der Waals surface area contributed by atoms with Crippen molar-refractivity contribution in [3.63, 3.8) is 0 Å². The van der Waals surface area contributed by atoms with Gasteiger partial charge in [0.15, 0.2) is 5.16 Å². The van der Waals surface area contributed by atoms with Crippen LogP contribution in [0.1, 0.15) is 50.9 Å². The van der Waals surface area contributed by atoms with Gasteiger partial charge in [0.05, 0.1) is 5.75 Å². The van der Waals surface area contributed by atoms with Crippen LogP contribution < -0.4 is 0 Å². The fourth-order valence-electron chi connectivity index (χ4n) is 2.91. The van der Waals surface area contributed by atoms with Crippen molar-refractivity contribution in [1.82, 2.24) is 14.8 Å². The molecule has 1 aromatic rings. The SMILES string of the molecule is CCCc1nnc(SCC(=O)O)n1C(C1CC1)C1CC1. The highest BCUT2D eigenvalue weighted by Gasteiger charge is 2.44. The Morgan fingerprint density at radius 3 is 2.50 bits per heavy atom. The van der Waals surface area contributed by atoms with E-state index in [0.717, 1.165) is 35.7 Å². The summed E-state index contributed by atoms with van der Waals surface area (Å²) in [7, 11) is 0. The van der Waals surface area contributed by atoms with Crippen LogP contribution in [0.4, 0.5) is 0 Å². The molecule has 0 bridgehead atoms. The Bertz CT molecular complexity index is 483. The molecule has 5 nitrogen and oxygen atoms in total. The first-order valence-electron chi connectivity index (χ1n) is 7.49. The van der Waals surface area contributed by atoms with Crippen LogP contribution in [0, 0.1) is 11.8 Å². The average molecular weight is 295 g/mol. The maximum Gasteiger partial charge on any atom is 0.313 e. The van der Waals surface area contributed by atoms with E-state index in [1.807, 2.05) is 0 Å². The van der Waals surface area contributed by atoms with Crippen LogP contribution in [0.15, 0.2) is 5.16 Å². The maximum atomic E-state index is 10.8. The number of carboxylic acids is 1. The highest BCUT2D eigenvalue weighted by Crippen LogP contribution is 2.53. The number of thioether (sulfide) groups is 1. The second kappa shape index (κ2) is 5.76. The fourth-order valence-corrected chi connectivity index (χ4v) is 3.62. The van der Waals surface area contributed by atoms with Crippen molar-refractivity contribution in [2.45, 2.75) is 56.6 Å². The summed E-state index contributed by atoms with van der Waals surface area (Å²) in [5.41, 5.74) is 0. The van der Waals surface area contributed by atoms with Crippen molar-refractivity contribution in [2.75, 3.05) is 5.75 Å². The lowest BCUT2D eigenvalue weighted by molar-refractivity contribution is -0.133. The van der Waals surface area contributed by atoms with E-state index in [9.17, 15) is 4.79 Å². The van der Waals surface area contributed by atoms with E-state index in [1.165, 1.54) is 37.4 Å². The van der Waals surface area contributed by atoms with Crippen LogP contribution in [-0.2, 0) is 11.2 Å².